The van der Waals surface area contributed by atoms with Gasteiger partial charge in [0.15, 0.2) is 0 Å². The molecular weight excluding hydrogens is 279 g/mol. The van der Waals surface area contributed by atoms with Crippen molar-refractivity contribution in [2.24, 2.45) is 0 Å². The van der Waals surface area contributed by atoms with E-state index in [0.717, 1.165) is 18.2 Å². The Bertz CT molecular complexity index is 731. The van der Waals surface area contributed by atoms with Crippen LogP contribution < -0.4 is 5.32 Å². The standard InChI is InChI=1S/C14H11FN2O4/c1-8-12(3-2-4-13(8)18)16-14(19)9-5-10(15)7-11(6-9)17(20)21/h2-7,18H,1H3,(H,16,19). The molecule has 0 unspecified atom stereocenters. The zero-order chi connectivity index (χ0) is 15.6. The molecular formula is C14H11FN2O4. The molecule has 0 atom stereocenters. The lowest BCUT2D eigenvalue weighted by Crippen LogP contribution is -2.13. The van der Waals surface area contributed by atoms with Crippen LogP contribution in [-0.2, 0) is 0 Å². The minimum atomic E-state index is -0.873. The third kappa shape index (κ3) is 3.14. The van der Waals surface area contributed by atoms with Crippen LogP contribution in [-0.4, -0.2) is 15.9 Å². The van der Waals surface area contributed by atoms with E-state index >= 15 is 0 Å². The molecule has 2 N–H and O–H groups in total. The number of nitrogens with zero attached hydrogens (tertiary/aromatic N) is 1. The zero-order valence-corrected chi connectivity index (χ0v) is 11.0. The fourth-order valence-electron chi connectivity index (χ4n) is 1.76. The van der Waals surface area contributed by atoms with Crippen LogP contribution >= 0.6 is 0 Å². The fraction of sp³-hybridized carbons (Fsp3) is 0.0714. The summed E-state index contributed by atoms with van der Waals surface area (Å²) in [5.41, 5.74) is 0.0980. The number of hydrogen-bond acceptors (Lipinski definition) is 4. The molecule has 0 radical (unpaired) electrons. The molecule has 2 rings (SSSR count). The van der Waals surface area contributed by atoms with E-state index < -0.39 is 22.3 Å². The van der Waals surface area contributed by atoms with Crippen LogP contribution in [0.4, 0.5) is 15.8 Å². The average molecular weight is 290 g/mol. The first-order valence-electron chi connectivity index (χ1n) is 5.93. The summed E-state index contributed by atoms with van der Waals surface area (Å²) in [5.74, 6) is -1.58. The van der Waals surface area contributed by atoms with Crippen molar-refractivity contribution < 1.29 is 19.2 Å². The summed E-state index contributed by atoms with van der Waals surface area (Å²) in [6.45, 7) is 1.60. The van der Waals surface area contributed by atoms with E-state index in [1.54, 1.807) is 13.0 Å². The summed E-state index contributed by atoms with van der Waals surface area (Å²) >= 11 is 0. The predicted molar refractivity (Wildman–Crippen MR) is 73.9 cm³/mol. The molecule has 1 amide bonds. The van der Waals surface area contributed by atoms with E-state index in [1.807, 2.05) is 0 Å². The summed E-state index contributed by atoms with van der Waals surface area (Å²) in [6, 6.07) is 7.16. The molecule has 2 aromatic rings. The second kappa shape index (κ2) is 5.58. The van der Waals surface area contributed by atoms with Gasteiger partial charge in [0.1, 0.15) is 11.6 Å². The number of nitro benzene ring substituents is 1. The highest BCUT2D eigenvalue weighted by Gasteiger charge is 2.15. The number of non-ortho nitro benzene ring substituents is 1. The molecule has 0 bridgehead atoms. The van der Waals surface area contributed by atoms with Gasteiger partial charge in [-0.3, -0.25) is 14.9 Å². The molecule has 0 aliphatic rings. The van der Waals surface area contributed by atoms with Crippen LogP contribution in [0.5, 0.6) is 5.75 Å². The average Bonchev–Trinajstić information content (AvgIpc) is 2.43. The normalized spacial score (nSPS) is 10.2. The minimum Gasteiger partial charge on any atom is -0.508 e. The van der Waals surface area contributed by atoms with Crippen molar-refractivity contribution in [1.29, 1.82) is 0 Å². The number of carbonyl (C=O) groups excluding carboxylic acids is 1. The van der Waals surface area contributed by atoms with E-state index in [9.17, 15) is 24.4 Å². The summed E-state index contributed by atoms with van der Waals surface area (Å²) < 4.78 is 13.3. The lowest BCUT2D eigenvalue weighted by Gasteiger charge is -2.09. The number of nitro groups is 1. The van der Waals surface area contributed by atoms with Gasteiger partial charge in [0.2, 0.25) is 0 Å². The maximum atomic E-state index is 13.3. The monoisotopic (exact) mass is 290 g/mol. The van der Waals surface area contributed by atoms with Gasteiger partial charge >= 0.3 is 0 Å². The minimum absolute atomic E-state index is 0.00183. The quantitative estimate of drug-likeness (QED) is 0.671. The van der Waals surface area contributed by atoms with Crippen LogP contribution in [0, 0.1) is 22.9 Å². The number of carbonyl (C=O) groups is 1. The molecule has 21 heavy (non-hydrogen) atoms. The fourth-order valence-corrected chi connectivity index (χ4v) is 1.76. The Morgan fingerprint density at radius 3 is 2.71 bits per heavy atom. The summed E-state index contributed by atoms with van der Waals surface area (Å²) in [5, 5.41) is 22.7. The maximum Gasteiger partial charge on any atom is 0.273 e. The second-order valence-corrected chi connectivity index (χ2v) is 4.36. The highest BCUT2D eigenvalue weighted by molar-refractivity contribution is 6.05. The Labute approximate surface area is 119 Å². The first-order chi connectivity index (χ1) is 9.88. The predicted octanol–water partition coefficient (Wildman–Crippen LogP) is 3.00. The van der Waals surface area contributed by atoms with Gasteiger partial charge in [0.25, 0.3) is 11.6 Å². The number of nitrogens with one attached hydrogen (secondary N) is 1. The molecule has 108 valence electrons. The lowest BCUT2D eigenvalue weighted by molar-refractivity contribution is -0.385. The van der Waals surface area contributed by atoms with E-state index in [0.29, 0.717) is 11.3 Å². The third-order valence-corrected chi connectivity index (χ3v) is 2.91. The molecule has 0 spiro atoms. The first-order valence-corrected chi connectivity index (χ1v) is 5.93. The Hall–Kier alpha value is -2.96. The van der Waals surface area contributed by atoms with Crippen molar-refractivity contribution in [3.8, 4) is 5.75 Å². The number of aromatic hydroxyl groups is 1. The van der Waals surface area contributed by atoms with Gasteiger partial charge in [0, 0.05) is 22.9 Å². The number of benzene rings is 2. The Kier molecular flexibility index (Phi) is 3.84. The van der Waals surface area contributed by atoms with Gasteiger partial charge < -0.3 is 10.4 Å². The van der Waals surface area contributed by atoms with Crippen LogP contribution in [0.25, 0.3) is 0 Å². The molecule has 0 heterocycles. The van der Waals surface area contributed by atoms with Crippen LogP contribution in [0.3, 0.4) is 0 Å². The smallest absolute Gasteiger partial charge is 0.273 e. The number of anilines is 1. The summed E-state index contributed by atoms with van der Waals surface area (Å²) in [6.07, 6.45) is 0. The first kappa shape index (κ1) is 14.4. The Balaban J connectivity index is 2.32. The molecule has 0 aromatic heterocycles. The van der Waals surface area contributed by atoms with Crippen molar-refractivity contribution in [2.45, 2.75) is 6.92 Å². The third-order valence-electron chi connectivity index (χ3n) is 2.91. The SMILES string of the molecule is Cc1c(O)cccc1NC(=O)c1cc(F)cc([N+](=O)[O-])c1. The Morgan fingerprint density at radius 1 is 1.33 bits per heavy atom. The van der Waals surface area contributed by atoms with E-state index in [-0.39, 0.29) is 11.3 Å². The summed E-state index contributed by atoms with van der Waals surface area (Å²) in [4.78, 5) is 21.9. The molecule has 0 saturated heterocycles. The number of rotatable bonds is 3. The highest BCUT2D eigenvalue weighted by atomic mass is 19.1. The van der Waals surface area contributed by atoms with Gasteiger partial charge in [0.05, 0.1) is 11.0 Å². The number of halogens is 1. The van der Waals surface area contributed by atoms with Crippen LogP contribution in [0.15, 0.2) is 36.4 Å². The highest BCUT2D eigenvalue weighted by Crippen LogP contribution is 2.25. The van der Waals surface area contributed by atoms with E-state index in [4.69, 9.17) is 0 Å². The van der Waals surface area contributed by atoms with Crippen molar-refractivity contribution in [3.05, 3.63) is 63.5 Å². The van der Waals surface area contributed by atoms with Gasteiger partial charge in [-0.05, 0) is 25.1 Å². The van der Waals surface area contributed by atoms with Crippen molar-refractivity contribution in [3.63, 3.8) is 0 Å². The molecule has 7 heteroatoms. The topological polar surface area (TPSA) is 92.5 Å². The molecule has 6 nitrogen and oxygen atoms in total. The second-order valence-electron chi connectivity index (χ2n) is 4.36. The van der Waals surface area contributed by atoms with Crippen LogP contribution in [0.2, 0.25) is 0 Å². The Morgan fingerprint density at radius 2 is 2.05 bits per heavy atom. The van der Waals surface area contributed by atoms with E-state index in [1.165, 1.54) is 12.1 Å². The molecule has 0 fully saturated rings. The molecule has 0 aliphatic carbocycles. The maximum absolute atomic E-state index is 13.3. The van der Waals surface area contributed by atoms with Crippen molar-refractivity contribution >= 4 is 17.3 Å². The number of hydrogen-bond donors (Lipinski definition) is 2. The number of phenols is 1. The van der Waals surface area contributed by atoms with Gasteiger partial charge in [-0.2, -0.15) is 0 Å². The molecule has 0 saturated carbocycles. The number of phenolic OH excluding ortho intramolecular Hbond substituents is 1. The van der Waals surface area contributed by atoms with Gasteiger partial charge in [-0.25, -0.2) is 4.39 Å². The summed E-state index contributed by atoms with van der Waals surface area (Å²) in [7, 11) is 0. The lowest BCUT2D eigenvalue weighted by atomic mass is 10.1. The van der Waals surface area contributed by atoms with Gasteiger partial charge in [-0.15, -0.1) is 0 Å². The van der Waals surface area contributed by atoms with Crippen molar-refractivity contribution in [2.75, 3.05) is 5.32 Å². The largest absolute Gasteiger partial charge is 0.508 e. The van der Waals surface area contributed by atoms with E-state index in [2.05, 4.69) is 5.32 Å². The molecule has 2 aromatic carbocycles. The van der Waals surface area contributed by atoms with Crippen molar-refractivity contribution in [1.82, 2.24) is 0 Å². The van der Waals surface area contributed by atoms with Gasteiger partial charge in [-0.1, -0.05) is 6.07 Å². The molecule has 0 aliphatic heterocycles. The zero-order valence-electron chi connectivity index (χ0n) is 11.0. The van der Waals surface area contributed by atoms with Crippen LogP contribution in [0.1, 0.15) is 15.9 Å². The number of amides is 1.